The molecule has 3 nitrogen and oxygen atoms in total. The summed E-state index contributed by atoms with van der Waals surface area (Å²) in [5.41, 5.74) is 4.31. The van der Waals surface area contributed by atoms with Crippen molar-refractivity contribution in [2.45, 2.75) is 20.8 Å². The molecule has 1 N–H and O–H groups in total. The Hall–Kier alpha value is -2.29. The van der Waals surface area contributed by atoms with E-state index in [9.17, 15) is 4.79 Å². The van der Waals surface area contributed by atoms with Gasteiger partial charge in [-0.1, -0.05) is 23.8 Å². The van der Waals surface area contributed by atoms with Gasteiger partial charge in [0.15, 0.2) is 6.61 Å². The quantitative estimate of drug-likeness (QED) is 0.920. The van der Waals surface area contributed by atoms with Gasteiger partial charge in [-0.15, -0.1) is 0 Å². The van der Waals surface area contributed by atoms with Gasteiger partial charge in [-0.2, -0.15) is 0 Å². The number of carbonyl (C=O) groups is 1. The van der Waals surface area contributed by atoms with Crippen LogP contribution >= 0.6 is 0 Å². The van der Waals surface area contributed by atoms with Crippen molar-refractivity contribution in [3.63, 3.8) is 0 Å². The molecule has 0 aliphatic carbocycles. The summed E-state index contributed by atoms with van der Waals surface area (Å²) in [5, 5.41) is 2.80. The van der Waals surface area contributed by atoms with Crippen LogP contribution in [0.15, 0.2) is 42.5 Å². The first-order valence-electron chi connectivity index (χ1n) is 6.61. The van der Waals surface area contributed by atoms with Crippen molar-refractivity contribution >= 4 is 11.6 Å². The molecule has 20 heavy (non-hydrogen) atoms. The second-order valence-corrected chi connectivity index (χ2v) is 4.95. The second kappa shape index (κ2) is 6.24. The third kappa shape index (κ3) is 3.85. The van der Waals surface area contributed by atoms with Crippen LogP contribution in [0.5, 0.6) is 5.75 Å². The number of carbonyl (C=O) groups excluding carboxylic acids is 1. The Morgan fingerprint density at radius 3 is 2.35 bits per heavy atom. The number of ether oxygens (including phenoxy) is 1. The summed E-state index contributed by atoms with van der Waals surface area (Å²) < 4.78 is 5.49. The van der Waals surface area contributed by atoms with Gasteiger partial charge in [-0.25, -0.2) is 0 Å². The van der Waals surface area contributed by atoms with Crippen LogP contribution in [0.25, 0.3) is 0 Å². The standard InChI is InChI=1S/C17H19NO2/c1-12-4-7-15(8-5-12)18-17(19)11-20-16-9-6-13(2)14(3)10-16/h4-10H,11H2,1-3H3,(H,18,19). The molecule has 2 aromatic rings. The minimum atomic E-state index is -0.160. The van der Waals surface area contributed by atoms with Crippen molar-refractivity contribution in [1.82, 2.24) is 0 Å². The molecule has 0 unspecified atom stereocenters. The van der Waals surface area contributed by atoms with Crippen molar-refractivity contribution < 1.29 is 9.53 Å². The Labute approximate surface area is 119 Å². The summed E-state index contributed by atoms with van der Waals surface area (Å²) in [4.78, 5) is 11.8. The van der Waals surface area contributed by atoms with Gasteiger partial charge in [0.2, 0.25) is 0 Å². The largest absolute Gasteiger partial charge is 0.484 e. The molecule has 0 radical (unpaired) electrons. The summed E-state index contributed by atoms with van der Waals surface area (Å²) in [6.45, 7) is 6.09. The fourth-order valence-electron chi connectivity index (χ4n) is 1.79. The Morgan fingerprint density at radius 2 is 1.70 bits per heavy atom. The Morgan fingerprint density at radius 1 is 1.00 bits per heavy atom. The lowest BCUT2D eigenvalue weighted by molar-refractivity contribution is -0.118. The first-order valence-corrected chi connectivity index (χ1v) is 6.61. The zero-order chi connectivity index (χ0) is 14.5. The van der Waals surface area contributed by atoms with Crippen molar-refractivity contribution in [2.24, 2.45) is 0 Å². The van der Waals surface area contributed by atoms with E-state index in [2.05, 4.69) is 5.32 Å². The maximum atomic E-state index is 11.8. The van der Waals surface area contributed by atoms with Gasteiger partial charge >= 0.3 is 0 Å². The van der Waals surface area contributed by atoms with Crippen LogP contribution in [0.2, 0.25) is 0 Å². The highest BCUT2D eigenvalue weighted by atomic mass is 16.5. The minimum absolute atomic E-state index is 0.0103. The Kier molecular flexibility index (Phi) is 4.41. The summed E-state index contributed by atoms with van der Waals surface area (Å²) in [5.74, 6) is 0.555. The lowest BCUT2D eigenvalue weighted by atomic mass is 10.1. The van der Waals surface area contributed by atoms with Gasteiger partial charge in [0.05, 0.1) is 0 Å². The number of amides is 1. The topological polar surface area (TPSA) is 38.3 Å². The fourth-order valence-corrected chi connectivity index (χ4v) is 1.79. The van der Waals surface area contributed by atoms with E-state index < -0.39 is 0 Å². The van der Waals surface area contributed by atoms with Crippen LogP contribution < -0.4 is 10.1 Å². The minimum Gasteiger partial charge on any atom is -0.484 e. The van der Waals surface area contributed by atoms with Crippen LogP contribution in [0.4, 0.5) is 5.69 Å². The number of nitrogens with one attached hydrogen (secondary N) is 1. The number of rotatable bonds is 4. The zero-order valence-corrected chi connectivity index (χ0v) is 12.1. The average molecular weight is 269 g/mol. The van der Waals surface area contributed by atoms with E-state index in [1.54, 1.807) is 0 Å². The van der Waals surface area contributed by atoms with Crippen molar-refractivity contribution in [3.8, 4) is 5.75 Å². The van der Waals surface area contributed by atoms with E-state index in [-0.39, 0.29) is 12.5 Å². The molecular formula is C17H19NO2. The average Bonchev–Trinajstić information content (AvgIpc) is 2.43. The molecule has 0 aromatic heterocycles. The smallest absolute Gasteiger partial charge is 0.262 e. The van der Waals surface area contributed by atoms with Crippen LogP contribution in [0.1, 0.15) is 16.7 Å². The van der Waals surface area contributed by atoms with Crippen molar-refractivity contribution in [2.75, 3.05) is 11.9 Å². The van der Waals surface area contributed by atoms with Crippen LogP contribution in [0, 0.1) is 20.8 Å². The predicted molar refractivity (Wildman–Crippen MR) is 81.2 cm³/mol. The third-order valence-electron chi connectivity index (χ3n) is 3.18. The van der Waals surface area contributed by atoms with Gasteiger partial charge in [-0.05, 0) is 56.2 Å². The normalized spacial score (nSPS) is 10.2. The van der Waals surface area contributed by atoms with E-state index in [0.717, 1.165) is 16.8 Å². The Bertz CT molecular complexity index is 603. The van der Waals surface area contributed by atoms with Gasteiger partial charge in [0.25, 0.3) is 5.91 Å². The number of hydrogen-bond donors (Lipinski definition) is 1. The van der Waals surface area contributed by atoms with Gasteiger partial charge in [0.1, 0.15) is 5.75 Å². The lowest BCUT2D eigenvalue weighted by Crippen LogP contribution is -2.20. The number of anilines is 1. The van der Waals surface area contributed by atoms with Crippen LogP contribution in [-0.4, -0.2) is 12.5 Å². The summed E-state index contributed by atoms with van der Waals surface area (Å²) in [7, 11) is 0. The Balaban J connectivity index is 1.88. The molecule has 104 valence electrons. The molecule has 0 spiro atoms. The maximum absolute atomic E-state index is 11.8. The molecular weight excluding hydrogens is 250 g/mol. The fraction of sp³-hybridized carbons (Fsp3) is 0.235. The molecule has 0 fully saturated rings. The second-order valence-electron chi connectivity index (χ2n) is 4.95. The molecule has 1 amide bonds. The van der Waals surface area contributed by atoms with Gasteiger partial charge < -0.3 is 10.1 Å². The van der Waals surface area contributed by atoms with Crippen molar-refractivity contribution in [1.29, 1.82) is 0 Å². The summed E-state index contributed by atoms with van der Waals surface area (Å²) in [6.07, 6.45) is 0. The van der Waals surface area contributed by atoms with E-state index in [4.69, 9.17) is 4.74 Å². The number of benzene rings is 2. The summed E-state index contributed by atoms with van der Waals surface area (Å²) >= 11 is 0. The highest BCUT2D eigenvalue weighted by molar-refractivity contribution is 5.91. The highest BCUT2D eigenvalue weighted by Gasteiger charge is 2.04. The lowest BCUT2D eigenvalue weighted by Gasteiger charge is -2.09. The van der Waals surface area contributed by atoms with E-state index in [0.29, 0.717) is 5.75 Å². The molecule has 0 saturated carbocycles. The van der Waals surface area contributed by atoms with Crippen LogP contribution in [-0.2, 0) is 4.79 Å². The van der Waals surface area contributed by atoms with E-state index >= 15 is 0 Å². The zero-order valence-electron chi connectivity index (χ0n) is 12.1. The number of hydrogen-bond acceptors (Lipinski definition) is 2. The molecule has 2 aromatic carbocycles. The van der Waals surface area contributed by atoms with E-state index in [1.807, 2.05) is 63.2 Å². The molecule has 2 rings (SSSR count). The van der Waals surface area contributed by atoms with Crippen molar-refractivity contribution in [3.05, 3.63) is 59.2 Å². The predicted octanol–water partition coefficient (Wildman–Crippen LogP) is 3.63. The van der Waals surface area contributed by atoms with Gasteiger partial charge in [0, 0.05) is 5.69 Å². The van der Waals surface area contributed by atoms with Gasteiger partial charge in [-0.3, -0.25) is 4.79 Å². The molecule has 0 saturated heterocycles. The first kappa shape index (κ1) is 14.1. The first-order chi connectivity index (χ1) is 9.54. The monoisotopic (exact) mass is 269 g/mol. The molecule has 3 heteroatoms. The molecule has 0 heterocycles. The molecule has 0 aliphatic rings. The molecule has 0 atom stereocenters. The van der Waals surface area contributed by atoms with Crippen LogP contribution in [0.3, 0.4) is 0 Å². The SMILES string of the molecule is Cc1ccc(NC(=O)COc2ccc(C)c(C)c2)cc1. The summed E-state index contributed by atoms with van der Waals surface area (Å²) in [6, 6.07) is 13.5. The maximum Gasteiger partial charge on any atom is 0.262 e. The highest BCUT2D eigenvalue weighted by Crippen LogP contribution is 2.16. The molecule has 0 aliphatic heterocycles. The molecule has 0 bridgehead atoms. The third-order valence-corrected chi connectivity index (χ3v) is 3.18. The van der Waals surface area contributed by atoms with E-state index in [1.165, 1.54) is 5.56 Å². The number of aryl methyl sites for hydroxylation is 3.